The van der Waals surface area contributed by atoms with E-state index in [2.05, 4.69) is 5.10 Å². The highest BCUT2D eigenvalue weighted by molar-refractivity contribution is 6.42. The Morgan fingerprint density at radius 2 is 1.87 bits per heavy atom. The third-order valence-corrected chi connectivity index (χ3v) is 5.81. The van der Waals surface area contributed by atoms with E-state index in [1.165, 1.54) is 11.1 Å². The van der Waals surface area contributed by atoms with Crippen LogP contribution < -0.4 is 9.91 Å². The van der Waals surface area contributed by atoms with Crippen molar-refractivity contribution in [2.45, 2.75) is 6.92 Å². The van der Waals surface area contributed by atoms with Gasteiger partial charge in [-0.15, -0.1) is 0 Å². The van der Waals surface area contributed by atoms with Crippen LogP contribution in [0.25, 0.3) is 6.08 Å². The number of carbonyl (C=O) groups excluding carboxylic acids is 1. The van der Waals surface area contributed by atoms with Gasteiger partial charge in [0.1, 0.15) is 5.69 Å². The van der Waals surface area contributed by atoms with Gasteiger partial charge in [0.2, 0.25) is 0 Å². The van der Waals surface area contributed by atoms with Crippen molar-refractivity contribution in [3.05, 3.63) is 67.7 Å². The summed E-state index contributed by atoms with van der Waals surface area (Å²) in [6.07, 6.45) is 1.61. The van der Waals surface area contributed by atoms with Gasteiger partial charge in [-0.05, 0) is 42.8 Å². The van der Waals surface area contributed by atoms with Gasteiger partial charge >= 0.3 is 0 Å². The normalized spacial score (nSPS) is 18.0. The fourth-order valence-electron chi connectivity index (χ4n) is 3.49. The maximum Gasteiger partial charge on any atom is 0.293 e. The van der Waals surface area contributed by atoms with Gasteiger partial charge in [-0.25, -0.2) is 0 Å². The second-order valence-corrected chi connectivity index (χ2v) is 7.88. The predicted octanol–water partition coefficient (Wildman–Crippen LogP) is 4.54. The van der Waals surface area contributed by atoms with Gasteiger partial charge in [0, 0.05) is 19.2 Å². The number of hydrogen-bond donors (Lipinski definition) is 0. The lowest BCUT2D eigenvalue weighted by atomic mass is 10.1. The number of benzene rings is 2. The number of hydrogen-bond acceptors (Lipinski definition) is 6. The first-order chi connectivity index (χ1) is 14.8. The van der Waals surface area contributed by atoms with Gasteiger partial charge in [-0.2, -0.15) is 10.1 Å². The summed E-state index contributed by atoms with van der Waals surface area (Å²) in [4.78, 5) is 26.2. The molecular formula is C21H18Cl2N4O4. The molecule has 1 saturated heterocycles. The van der Waals surface area contributed by atoms with Crippen LogP contribution in [0, 0.1) is 10.1 Å². The average molecular weight is 461 g/mol. The average Bonchev–Trinajstić information content (AvgIpc) is 3.04. The van der Waals surface area contributed by atoms with Crippen LogP contribution in [0.2, 0.25) is 10.0 Å². The Morgan fingerprint density at radius 3 is 2.55 bits per heavy atom. The topological polar surface area (TPSA) is 88.3 Å². The Bertz CT molecular complexity index is 1130. The molecule has 31 heavy (non-hydrogen) atoms. The number of nitrogens with zero attached hydrogens (tertiary/aromatic N) is 4. The Kier molecular flexibility index (Phi) is 5.95. The SMILES string of the molecule is CC1=NN(c2ccc(Cl)c(Cl)c2)C(=O)C1=Cc1ccc(N2CCOCC2)c([N+](=O)[O-])c1. The van der Waals surface area contributed by atoms with E-state index in [0.29, 0.717) is 64.6 Å². The zero-order valence-corrected chi connectivity index (χ0v) is 18.1. The molecule has 0 unspecified atom stereocenters. The minimum absolute atomic E-state index is 0.0161. The third kappa shape index (κ3) is 4.27. The summed E-state index contributed by atoms with van der Waals surface area (Å²) in [6.45, 7) is 3.93. The van der Waals surface area contributed by atoms with Crippen LogP contribution >= 0.6 is 23.2 Å². The van der Waals surface area contributed by atoms with Gasteiger partial charge in [0.15, 0.2) is 0 Å². The Hall–Kier alpha value is -2.94. The molecule has 10 heteroatoms. The van der Waals surface area contributed by atoms with Gasteiger partial charge < -0.3 is 9.64 Å². The number of morpholine rings is 1. The summed E-state index contributed by atoms with van der Waals surface area (Å²) in [5, 5.41) is 17.9. The van der Waals surface area contributed by atoms with Crippen LogP contribution in [0.5, 0.6) is 0 Å². The third-order valence-electron chi connectivity index (χ3n) is 5.07. The van der Waals surface area contributed by atoms with Gasteiger partial charge in [-0.1, -0.05) is 29.3 Å². The van der Waals surface area contributed by atoms with E-state index in [0.717, 1.165) is 0 Å². The number of rotatable bonds is 4. The Labute approximate surface area is 188 Å². The molecule has 160 valence electrons. The molecule has 2 aromatic carbocycles. The highest BCUT2D eigenvalue weighted by Crippen LogP contribution is 2.33. The van der Waals surface area contributed by atoms with Crippen molar-refractivity contribution in [2.24, 2.45) is 5.10 Å². The molecule has 1 fully saturated rings. The van der Waals surface area contributed by atoms with Crippen LogP contribution in [-0.2, 0) is 9.53 Å². The van der Waals surface area contributed by atoms with Crippen LogP contribution in [0.1, 0.15) is 12.5 Å². The first-order valence-electron chi connectivity index (χ1n) is 9.53. The number of amides is 1. The van der Waals surface area contributed by atoms with E-state index in [1.54, 1.807) is 43.3 Å². The molecule has 0 aliphatic carbocycles. The lowest BCUT2D eigenvalue weighted by molar-refractivity contribution is -0.384. The highest BCUT2D eigenvalue weighted by Gasteiger charge is 2.29. The fourth-order valence-corrected chi connectivity index (χ4v) is 3.78. The Morgan fingerprint density at radius 1 is 1.13 bits per heavy atom. The first-order valence-corrected chi connectivity index (χ1v) is 10.3. The summed E-state index contributed by atoms with van der Waals surface area (Å²) in [7, 11) is 0. The van der Waals surface area contributed by atoms with Crippen LogP contribution in [0.3, 0.4) is 0 Å². The van der Waals surface area contributed by atoms with Crippen LogP contribution in [0.15, 0.2) is 47.1 Å². The van der Waals surface area contributed by atoms with E-state index >= 15 is 0 Å². The van der Waals surface area contributed by atoms with Crippen molar-refractivity contribution >= 4 is 58.0 Å². The molecule has 0 spiro atoms. The molecule has 0 atom stereocenters. The molecule has 0 N–H and O–H groups in total. The molecule has 2 aliphatic rings. The van der Waals surface area contributed by atoms with Crippen molar-refractivity contribution < 1.29 is 14.5 Å². The fraction of sp³-hybridized carbons (Fsp3) is 0.238. The standard InChI is InChI=1S/C21H18Cl2N4O4/c1-13-16(21(28)26(24-13)15-3-4-17(22)18(23)12-15)10-14-2-5-19(20(11-14)27(29)30)25-6-8-31-9-7-25/h2-5,10-12H,6-9H2,1H3. The van der Waals surface area contributed by atoms with E-state index in [4.69, 9.17) is 27.9 Å². The van der Waals surface area contributed by atoms with E-state index in [-0.39, 0.29) is 11.6 Å². The molecule has 8 nitrogen and oxygen atoms in total. The van der Waals surface area contributed by atoms with Crippen molar-refractivity contribution in [2.75, 3.05) is 36.2 Å². The number of hydrazone groups is 1. The molecule has 0 bridgehead atoms. The second-order valence-electron chi connectivity index (χ2n) is 7.06. The number of ether oxygens (including phenoxy) is 1. The largest absolute Gasteiger partial charge is 0.378 e. The minimum Gasteiger partial charge on any atom is -0.378 e. The van der Waals surface area contributed by atoms with E-state index < -0.39 is 4.92 Å². The monoisotopic (exact) mass is 460 g/mol. The number of anilines is 2. The first kappa shape index (κ1) is 21.3. The van der Waals surface area contributed by atoms with Gasteiger partial charge in [-0.3, -0.25) is 14.9 Å². The quantitative estimate of drug-likeness (QED) is 0.379. The van der Waals surface area contributed by atoms with Crippen LogP contribution in [0.4, 0.5) is 17.1 Å². The molecule has 2 heterocycles. The zero-order chi connectivity index (χ0) is 22.1. The predicted molar refractivity (Wildman–Crippen MR) is 121 cm³/mol. The van der Waals surface area contributed by atoms with Crippen molar-refractivity contribution in [1.82, 2.24) is 0 Å². The zero-order valence-electron chi connectivity index (χ0n) is 16.5. The van der Waals surface area contributed by atoms with Crippen molar-refractivity contribution in [3.8, 4) is 0 Å². The van der Waals surface area contributed by atoms with Gasteiger partial charge in [0.25, 0.3) is 11.6 Å². The van der Waals surface area contributed by atoms with E-state index in [9.17, 15) is 14.9 Å². The summed E-state index contributed by atoms with van der Waals surface area (Å²) in [5.74, 6) is -0.351. The van der Waals surface area contributed by atoms with E-state index in [1.807, 2.05) is 4.90 Å². The molecule has 0 saturated carbocycles. The summed E-state index contributed by atoms with van der Waals surface area (Å²) in [5.41, 5.74) is 2.39. The maximum atomic E-state index is 13.0. The molecule has 2 aliphatic heterocycles. The molecule has 2 aromatic rings. The second kappa shape index (κ2) is 8.66. The molecule has 0 radical (unpaired) electrons. The van der Waals surface area contributed by atoms with Crippen LogP contribution in [-0.4, -0.2) is 42.8 Å². The molecule has 0 aromatic heterocycles. The molecule has 4 rings (SSSR count). The summed E-state index contributed by atoms with van der Waals surface area (Å²) >= 11 is 12.0. The number of nitro groups is 1. The summed E-state index contributed by atoms with van der Waals surface area (Å²) < 4.78 is 5.33. The molecule has 1 amide bonds. The minimum atomic E-state index is -0.410. The van der Waals surface area contributed by atoms with Crippen molar-refractivity contribution in [1.29, 1.82) is 0 Å². The Balaban J connectivity index is 1.65. The van der Waals surface area contributed by atoms with Crippen molar-refractivity contribution in [3.63, 3.8) is 0 Å². The summed E-state index contributed by atoms with van der Waals surface area (Å²) in [6, 6.07) is 9.73. The lowest BCUT2D eigenvalue weighted by Crippen LogP contribution is -2.36. The lowest BCUT2D eigenvalue weighted by Gasteiger charge is -2.28. The number of carbonyl (C=O) groups is 1. The highest BCUT2D eigenvalue weighted by atomic mass is 35.5. The molecular weight excluding hydrogens is 443 g/mol. The smallest absolute Gasteiger partial charge is 0.293 e. The number of nitro benzene ring substituents is 1. The number of halogens is 2. The maximum absolute atomic E-state index is 13.0. The van der Waals surface area contributed by atoms with Gasteiger partial charge in [0.05, 0.1) is 45.2 Å².